The third-order valence-corrected chi connectivity index (χ3v) is 4.46. The minimum Gasteiger partial charge on any atom is -0.353 e. The molecule has 2 atom stereocenters. The summed E-state index contributed by atoms with van der Waals surface area (Å²) in [6.45, 7) is 3.84. The van der Waals surface area contributed by atoms with Gasteiger partial charge in [-0.3, -0.25) is 4.79 Å². The van der Waals surface area contributed by atoms with Crippen LogP contribution in [0.4, 0.5) is 0 Å². The molecule has 2 fully saturated rings. The summed E-state index contributed by atoms with van der Waals surface area (Å²) in [4.78, 5) is 11.8. The van der Waals surface area contributed by atoms with Gasteiger partial charge in [-0.25, -0.2) is 0 Å². The molecule has 0 radical (unpaired) electrons. The quantitative estimate of drug-likeness (QED) is 0.593. The SMILES string of the molecule is CC1SCCCC12NCCNC2=O. The third kappa shape index (κ3) is 1.46. The predicted octanol–water partition coefficient (Wildman–Crippen LogP) is 0.360. The molecule has 3 nitrogen and oxygen atoms in total. The largest absolute Gasteiger partial charge is 0.353 e. The van der Waals surface area contributed by atoms with Crippen LogP contribution in [0, 0.1) is 0 Å². The van der Waals surface area contributed by atoms with E-state index in [0.29, 0.717) is 5.25 Å². The Morgan fingerprint density at radius 1 is 1.54 bits per heavy atom. The molecule has 1 spiro atoms. The average molecular weight is 200 g/mol. The molecule has 0 aromatic rings. The topological polar surface area (TPSA) is 41.1 Å². The van der Waals surface area contributed by atoms with Gasteiger partial charge in [-0.1, -0.05) is 6.92 Å². The Morgan fingerprint density at radius 2 is 2.38 bits per heavy atom. The number of hydrogen-bond donors (Lipinski definition) is 2. The van der Waals surface area contributed by atoms with Crippen LogP contribution in [-0.4, -0.2) is 35.5 Å². The number of amides is 1. The van der Waals surface area contributed by atoms with Crippen LogP contribution in [0.3, 0.4) is 0 Å². The molecule has 2 aliphatic heterocycles. The standard InChI is InChI=1S/C9H16N2OS/c1-7-9(3-2-6-13-7)8(12)10-4-5-11-9/h7,11H,2-6H2,1H3,(H,10,12). The van der Waals surface area contributed by atoms with E-state index in [9.17, 15) is 4.79 Å². The number of nitrogens with one attached hydrogen (secondary N) is 2. The fraction of sp³-hybridized carbons (Fsp3) is 0.889. The summed E-state index contributed by atoms with van der Waals surface area (Å²) in [6, 6.07) is 0. The van der Waals surface area contributed by atoms with Crippen LogP contribution in [0.1, 0.15) is 19.8 Å². The van der Waals surface area contributed by atoms with Gasteiger partial charge in [0, 0.05) is 18.3 Å². The molecular formula is C9H16N2OS. The van der Waals surface area contributed by atoms with E-state index in [1.165, 1.54) is 5.75 Å². The van der Waals surface area contributed by atoms with Crippen molar-refractivity contribution >= 4 is 17.7 Å². The van der Waals surface area contributed by atoms with Gasteiger partial charge in [0.1, 0.15) is 5.54 Å². The van der Waals surface area contributed by atoms with Crippen LogP contribution in [0.2, 0.25) is 0 Å². The van der Waals surface area contributed by atoms with Crippen molar-refractivity contribution < 1.29 is 4.79 Å². The fourth-order valence-electron chi connectivity index (χ4n) is 2.19. The van der Waals surface area contributed by atoms with Gasteiger partial charge in [0.25, 0.3) is 0 Å². The van der Waals surface area contributed by atoms with Crippen molar-refractivity contribution in [3.63, 3.8) is 0 Å². The van der Waals surface area contributed by atoms with Crippen LogP contribution in [-0.2, 0) is 4.79 Å². The highest BCUT2D eigenvalue weighted by atomic mass is 32.2. The molecule has 4 heteroatoms. The first-order valence-electron chi connectivity index (χ1n) is 4.91. The normalized spacial score (nSPS) is 40.4. The Morgan fingerprint density at radius 3 is 3.08 bits per heavy atom. The van der Waals surface area contributed by atoms with E-state index in [4.69, 9.17) is 0 Å². The monoisotopic (exact) mass is 200 g/mol. The lowest BCUT2D eigenvalue weighted by Crippen LogP contribution is -2.68. The van der Waals surface area contributed by atoms with E-state index in [0.717, 1.165) is 25.9 Å². The number of thioether (sulfide) groups is 1. The van der Waals surface area contributed by atoms with Gasteiger partial charge in [-0.05, 0) is 18.6 Å². The Bertz CT molecular complexity index is 216. The van der Waals surface area contributed by atoms with Gasteiger partial charge >= 0.3 is 0 Å². The highest BCUT2D eigenvalue weighted by molar-refractivity contribution is 8.00. The number of rotatable bonds is 0. The van der Waals surface area contributed by atoms with Crippen molar-refractivity contribution in [1.29, 1.82) is 0 Å². The first kappa shape index (κ1) is 9.34. The molecule has 0 aliphatic carbocycles. The zero-order valence-corrected chi connectivity index (χ0v) is 8.75. The average Bonchev–Trinajstić information content (AvgIpc) is 2.15. The number of hydrogen-bond acceptors (Lipinski definition) is 3. The summed E-state index contributed by atoms with van der Waals surface area (Å²) in [5, 5.41) is 6.76. The van der Waals surface area contributed by atoms with Gasteiger partial charge in [-0.15, -0.1) is 0 Å². The van der Waals surface area contributed by atoms with Crippen molar-refractivity contribution in [3.8, 4) is 0 Å². The van der Waals surface area contributed by atoms with Crippen LogP contribution in [0.15, 0.2) is 0 Å². The second kappa shape index (κ2) is 3.50. The van der Waals surface area contributed by atoms with E-state index in [2.05, 4.69) is 17.6 Å². The number of piperazine rings is 1. The first-order chi connectivity index (χ1) is 6.26. The summed E-state index contributed by atoms with van der Waals surface area (Å²) in [5.41, 5.74) is -0.263. The lowest BCUT2D eigenvalue weighted by atomic mass is 9.87. The summed E-state index contributed by atoms with van der Waals surface area (Å²) in [7, 11) is 0. The lowest BCUT2D eigenvalue weighted by Gasteiger charge is -2.44. The molecule has 2 rings (SSSR count). The Hall–Kier alpha value is -0.220. The molecule has 0 aromatic carbocycles. The Balaban J connectivity index is 2.18. The maximum absolute atomic E-state index is 11.8. The minimum atomic E-state index is -0.263. The molecule has 0 saturated carbocycles. The first-order valence-corrected chi connectivity index (χ1v) is 5.95. The highest BCUT2D eigenvalue weighted by Gasteiger charge is 2.46. The zero-order chi connectivity index (χ0) is 9.31. The van der Waals surface area contributed by atoms with Crippen LogP contribution in [0.5, 0.6) is 0 Å². The third-order valence-electron chi connectivity index (χ3n) is 3.03. The van der Waals surface area contributed by atoms with E-state index in [-0.39, 0.29) is 11.4 Å². The van der Waals surface area contributed by atoms with Crippen molar-refractivity contribution in [2.24, 2.45) is 0 Å². The van der Waals surface area contributed by atoms with Crippen molar-refractivity contribution in [2.45, 2.75) is 30.6 Å². The maximum atomic E-state index is 11.8. The molecule has 2 N–H and O–H groups in total. The predicted molar refractivity (Wildman–Crippen MR) is 54.9 cm³/mol. The molecule has 13 heavy (non-hydrogen) atoms. The van der Waals surface area contributed by atoms with E-state index in [1.807, 2.05) is 11.8 Å². The van der Waals surface area contributed by atoms with Gasteiger partial charge in [-0.2, -0.15) is 11.8 Å². The molecule has 2 unspecified atom stereocenters. The van der Waals surface area contributed by atoms with Crippen molar-refractivity contribution in [1.82, 2.24) is 10.6 Å². The summed E-state index contributed by atoms with van der Waals surface area (Å²) in [5.74, 6) is 1.40. The van der Waals surface area contributed by atoms with Gasteiger partial charge in [0.05, 0.1) is 0 Å². The second-order valence-corrected chi connectivity index (χ2v) is 5.22. The van der Waals surface area contributed by atoms with Gasteiger partial charge < -0.3 is 10.6 Å². The minimum absolute atomic E-state index is 0.207. The number of carbonyl (C=O) groups excluding carboxylic acids is 1. The molecule has 1 amide bonds. The molecular weight excluding hydrogens is 184 g/mol. The van der Waals surface area contributed by atoms with E-state index >= 15 is 0 Å². The lowest BCUT2D eigenvalue weighted by molar-refractivity contribution is -0.129. The molecule has 2 aliphatic rings. The highest BCUT2D eigenvalue weighted by Crippen LogP contribution is 2.34. The molecule has 2 saturated heterocycles. The maximum Gasteiger partial charge on any atom is 0.241 e. The van der Waals surface area contributed by atoms with E-state index in [1.54, 1.807) is 0 Å². The zero-order valence-electron chi connectivity index (χ0n) is 7.93. The number of carbonyl (C=O) groups is 1. The van der Waals surface area contributed by atoms with Crippen LogP contribution in [0.25, 0.3) is 0 Å². The second-order valence-electron chi connectivity index (χ2n) is 3.77. The van der Waals surface area contributed by atoms with Gasteiger partial charge in [0.15, 0.2) is 0 Å². The molecule has 74 valence electrons. The Labute approximate surface area is 83.0 Å². The fourth-order valence-corrected chi connectivity index (χ4v) is 3.44. The smallest absolute Gasteiger partial charge is 0.241 e. The van der Waals surface area contributed by atoms with Crippen LogP contribution >= 0.6 is 11.8 Å². The van der Waals surface area contributed by atoms with E-state index < -0.39 is 0 Å². The van der Waals surface area contributed by atoms with Gasteiger partial charge in [0.2, 0.25) is 5.91 Å². The summed E-state index contributed by atoms with van der Waals surface area (Å²) >= 11 is 1.90. The Kier molecular flexibility index (Phi) is 2.51. The summed E-state index contributed by atoms with van der Waals surface area (Å²) < 4.78 is 0. The van der Waals surface area contributed by atoms with Crippen LogP contribution < -0.4 is 10.6 Å². The summed E-state index contributed by atoms with van der Waals surface area (Å²) in [6.07, 6.45) is 2.14. The molecule has 2 heterocycles. The van der Waals surface area contributed by atoms with Crippen molar-refractivity contribution in [2.75, 3.05) is 18.8 Å². The molecule has 0 aromatic heterocycles. The molecule has 0 bridgehead atoms. The van der Waals surface area contributed by atoms with Crippen molar-refractivity contribution in [3.05, 3.63) is 0 Å².